The van der Waals surface area contributed by atoms with E-state index in [0.29, 0.717) is 5.92 Å². The van der Waals surface area contributed by atoms with Crippen molar-refractivity contribution in [3.63, 3.8) is 0 Å². The maximum absolute atomic E-state index is 5.08. The van der Waals surface area contributed by atoms with Crippen molar-refractivity contribution in [3.05, 3.63) is 66.7 Å². The number of hydrogen-bond acceptors (Lipinski definition) is 2. The van der Waals surface area contributed by atoms with Crippen LogP contribution in [0.5, 0.6) is 0 Å². The second-order valence-electron chi connectivity index (χ2n) is 7.55. The van der Waals surface area contributed by atoms with Crippen LogP contribution in [-0.2, 0) is 0 Å². The van der Waals surface area contributed by atoms with Gasteiger partial charge in [-0.25, -0.2) is 4.98 Å². The summed E-state index contributed by atoms with van der Waals surface area (Å²) in [6.45, 7) is 0. The Balaban J connectivity index is 1.73. The van der Waals surface area contributed by atoms with E-state index < -0.39 is 0 Å². The number of aromatic nitrogens is 4. The largest absolute Gasteiger partial charge is 0.361 e. The van der Waals surface area contributed by atoms with Gasteiger partial charge in [-0.05, 0) is 42.5 Å². The number of nitrogens with zero attached hydrogens (tertiary/aromatic N) is 3. The molecule has 132 valence electrons. The first-order valence-electron chi connectivity index (χ1n) is 9.72. The van der Waals surface area contributed by atoms with E-state index in [1.165, 1.54) is 53.5 Å². The van der Waals surface area contributed by atoms with Gasteiger partial charge in [-0.2, -0.15) is 0 Å². The first-order chi connectivity index (χ1) is 13.4. The number of aromatic amines is 1. The van der Waals surface area contributed by atoms with E-state index in [1.54, 1.807) is 0 Å². The standard InChI is InChI=1S/C23H20N4/c1-2-6-16(5-1)23-26-21-14-25-19-8-4-3-7-18(19)22(21)27(23)17-10-9-15-11-12-24-20(15)13-17/h3-4,7-14,16,24H,1-2,5-6H2. The van der Waals surface area contributed by atoms with Crippen LogP contribution in [0.2, 0.25) is 0 Å². The Labute approximate surface area is 156 Å². The Morgan fingerprint density at radius 1 is 0.963 bits per heavy atom. The predicted octanol–water partition coefficient (Wildman–Crippen LogP) is 5.71. The van der Waals surface area contributed by atoms with Crippen LogP contribution in [-0.4, -0.2) is 19.5 Å². The van der Waals surface area contributed by atoms with E-state index >= 15 is 0 Å². The maximum atomic E-state index is 5.08. The van der Waals surface area contributed by atoms with Gasteiger partial charge in [0.2, 0.25) is 0 Å². The van der Waals surface area contributed by atoms with E-state index in [9.17, 15) is 0 Å². The van der Waals surface area contributed by atoms with Crippen molar-refractivity contribution in [1.82, 2.24) is 19.5 Å². The molecule has 5 aromatic rings. The quantitative estimate of drug-likeness (QED) is 0.442. The minimum Gasteiger partial charge on any atom is -0.361 e. The smallest absolute Gasteiger partial charge is 0.117 e. The molecule has 0 atom stereocenters. The zero-order valence-electron chi connectivity index (χ0n) is 15.0. The van der Waals surface area contributed by atoms with Crippen LogP contribution in [0.1, 0.15) is 37.4 Å². The Morgan fingerprint density at radius 2 is 1.85 bits per heavy atom. The Kier molecular flexibility index (Phi) is 3.15. The average Bonchev–Trinajstić information content (AvgIpc) is 3.45. The van der Waals surface area contributed by atoms with Gasteiger partial charge in [0.25, 0.3) is 0 Å². The summed E-state index contributed by atoms with van der Waals surface area (Å²) in [6, 6.07) is 17.1. The molecule has 0 radical (unpaired) electrons. The third kappa shape index (κ3) is 2.23. The second-order valence-corrected chi connectivity index (χ2v) is 7.55. The van der Waals surface area contributed by atoms with Crippen LogP contribution < -0.4 is 0 Å². The number of imidazole rings is 1. The molecule has 0 bridgehead atoms. The number of benzene rings is 2. The first kappa shape index (κ1) is 15.0. The highest BCUT2D eigenvalue weighted by atomic mass is 15.1. The minimum absolute atomic E-state index is 0.524. The van der Waals surface area contributed by atoms with Crippen LogP contribution >= 0.6 is 0 Å². The van der Waals surface area contributed by atoms with Crippen LogP contribution in [0.25, 0.3) is 38.5 Å². The lowest BCUT2D eigenvalue weighted by atomic mass is 10.1. The van der Waals surface area contributed by atoms with E-state index in [4.69, 9.17) is 4.98 Å². The number of nitrogens with one attached hydrogen (secondary N) is 1. The molecule has 4 nitrogen and oxygen atoms in total. The van der Waals surface area contributed by atoms with Gasteiger partial charge in [-0.15, -0.1) is 0 Å². The van der Waals surface area contributed by atoms with E-state index in [1.807, 2.05) is 18.5 Å². The molecule has 3 aromatic heterocycles. The SMILES string of the molecule is c1ccc2c(c1)ncc1nc(C3CCCC3)n(-c3ccc4cc[nH]c4c3)c12. The number of rotatable bonds is 2. The van der Waals surface area contributed by atoms with Crippen molar-refractivity contribution in [2.24, 2.45) is 0 Å². The summed E-state index contributed by atoms with van der Waals surface area (Å²) in [4.78, 5) is 13.1. The van der Waals surface area contributed by atoms with Crippen molar-refractivity contribution >= 4 is 32.8 Å². The molecule has 4 heteroatoms. The average molecular weight is 352 g/mol. The van der Waals surface area contributed by atoms with Crippen molar-refractivity contribution in [2.45, 2.75) is 31.6 Å². The highest BCUT2D eigenvalue weighted by Gasteiger charge is 2.25. The Bertz CT molecular complexity index is 1290. The van der Waals surface area contributed by atoms with Crippen molar-refractivity contribution in [1.29, 1.82) is 0 Å². The zero-order valence-corrected chi connectivity index (χ0v) is 15.0. The van der Waals surface area contributed by atoms with E-state index in [0.717, 1.165) is 16.6 Å². The molecule has 1 aliphatic carbocycles. The number of pyridine rings is 1. The highest BCUT2D eigenvalue weighted by molar-refractivity contribution is 6.03. The lowest BCUT2D eigenvalue weighted by molar-refractivity contribution is 0.659. The summed E-state index contributed by atoms with van der Waals surface area (Å²) in [6.07, 6.45) is 8.96. The van der Waals surface area contributed by atoms with Gasteiger partial charge in [0.1, 0.15) is 11.3 Å². The second kappa shape index (κ2) is 5.68. The van der Waals surface area contributed by atoms with E-state index in [-0.39, 0.29) is 0 Å². The molecular weight excluding hydrogens is 332 g/mol. The number of fused-ring (bicyclic) bond motifs is 4. The number of hydrogen-bond donors (Lipinski definition) is 1. The molecule has 0 aliphatic heterocycles. The monoisotopic (exact) mass is 352 g/mol. The van der Waals surface area contributed by atoms with Gasteiger partial charge in [0.15, 0.2) is 0 Å². The molecule has 0 unspecified atom stereocenters. The highest BCUT2D eigenvalue weighted by Crippen LogP contribution is 2.38. The molecule has 0 amide bonds. The molecule has 2 aromatic carbocycles. The molecule has 3 heterocycles. The van der Waals surface area contributed by atoms with Crippen LogP contribution in [0.3, 0.4) is 0 Å². The van der Waals surface area contributed by atoms with Crippen LogP contribution in [0.15, 0.2) is 60.9 Å². The molecule has 0 saturated heterocycles. The first-order valence-corrected chi connectivity index (χ1v) is 9.72. The normalized spacial score (nSPS) is 15.4. The third-order valence-corrected chi connectivity index (χ3v) is 5.93. The fourth-order valence-electron chi connectivity index (χ4n) is 4.62. The van der Waals surface area contributed by atoms with Gasteiger partial charge in [-0.3, -0.25) is 9.55 Å². The third-order valence-electron chi connectivity index (χ3n) is 5.93. The topological polar surface area (TPSA) is 46.5 Å². The molecule has 27 heavy (non-hydrogen) atoms. The Hall–Kier alpha value is -3.14. The fraction of sp³-hybridized carbons (Fsp3) is 0.217. The van der Waals surface area contributed by atoms with Gasteiger partial charge in [0.05, 0.1) is 17.2 Å². The van der Waals surface area contributed by atoms with Crippen LogP contribution in [0.4, 0.5) is 0 Å². The van der Waals surface area contributed by atoms with Crippen molar-refractivity contribution < 1.29 is 0 Å². The lowest BCUT2D eigenvalue weighted by Crippen LogP contribution is -2.05. The van der Waals surface area contributed by atoms with Crippen LogP contribution in [0, 0.1) is 0 Å². The molecular formula is C23H20N4. The molecule has 1 N–H and O–H groups in total. The molecule has 6 rings (SSSR count). The summed E-state index contributed by atoms with van der Waals surface area (Å²) in [7, 11) is 0. The maximum Gasteiger partial charge on any atom is 0.117 e. The summed E-state index contributed by atoms with van der Waals surface area (Å²) in [5.74, 6) is 1.71. The van der Waals surface area contributed by atoms with Gasteiger partial charge in [0, 0.05) is 28.7 Å². The van der Waals surface area contributed by atoms with Gasteiger partial charge < -0.3 is 4.98 Å². The zero-order chi connectivity index (χ0) is 17.8. The van der Waals surface area contributed by atoms with Crippen molar-refractivity contribution in [2.75, 3.05) is 0 Å². The molecule has 1 fully saturated rings. The summed E-state index contributed by atoms with van der Waals surface area (Å²) < 4.78 is 2.38. The van der Waals surface area contributed by atoms with E-state index in [2.05, 4.69) is 57.0 Å². The summed E-state index contributed by atoms with van der Waals surface area (Å²) >= 11 is 0. The Morgan fingerprint density at radius 3 is 2.78 bits per heavy atom. The molecule has 1 aliphatic rings. The lowest BCUT2D eigenvalue weighted by Gasteiger charge is -2.14. The molecule has 1 saturated carbocycles. The minimum atomic E-state index is 0.524. The summed E-state index contributed by atoms with van der Waals surface area (Å²) in [5.41, 5.74) is 5.51. The van der Waals surface area contributed by atoms with Gasteiger partial charge >= 0.3 is 0 Å². The summed E-state index contributed by atoms with van der Waals surface area (Å²) in [5, 5.41) is 2.40. The number of H-pyrrole nitrogens is 1. The molecule has 0 spiro atoms. The van der Waals surface area contributed by atoms with Crippen molar-refractivity contribution in [3.8, 4) is 5.69 Å². The number of para-hydroxylation sites is 1. The fourth-order valence-corrected chi connectivity index (χ4v) is 4.62. The van der Waals surface area contributed by atoms with Gasteiger partial charge in [-0.1, -0.05) is 37.1 Å². The predicted molar refractivity (Wildman–Crippen MR) is 109 cm³/mol.